The molecule has 2 N–H and O–H groups in total. The third kappa shape index (κ3) is 3.54. The van der Waals surface area contributed by atoms with E-state index in [2.05, 4.69) is 5.16 Å². The molecule has 0 fully saturated rings. The minimum Gasteiger partial charge on any atom is -0.493 e. The van der Waals surface area contributed by atoms with Gasteiger partial charge in [-0.2, -0.15) is 0 Å². The molecule has 2 aromatic rings. The number of carbonyl (C=O) groups excluding carboxylic acids is 1. The molecule has 0 atom stereocenters. The van der Waals surface area contributed by atoms with Gasteiger partial charge in [0, 0.05) is 5.56 Å². The average Bonchev–Trinajstić information content (AvgIpc) is 2.59. The van der Waals surface area contributed by atoms with Crippen LogP contribution in [0.1, 0.15) is 15.9 Å². The Hall–Kier alpha value is -3.02. The molecule has 0 aliphatic rings. The highest BCUT2D eigenvalue weighted by atomic mass is 16.7. The second-order valence-corrected chi connectivity index (χ2v) is 4.29. The molecule has 0 aliphatic heterocycles. The van der Waals surface area contributed by atoms with Crippen molar-refractivity contribution in [1.29, 1.82) is 0 Å². The Morgan fingerprint density at radius 1 is 0.955 bits per heavy atom. The Labute approximate surface area is 128 Å². The molecule has 0 heterocycles. The first-order valence-corrected chi connectivity index (χ1v) is 6.48. The number of oxime groups is 1. The summed E-state index contributed by atoms with van der Waals surface area (Å²) in [6.45, 7) is 0. The van der Waals surface area contributed by atoms with E-state index in [4.69, 9.17) is 20.0 Å². The van der Waals surface area contributed by atoms with Gasteiger partial charge in [-0.25, -0.2) is 4.79 Å². The first kappa shape index (κ1) is 15.4. The van der Waals surface area contributed by atoms with Gasteiger partial charge in [0.05, 0.1) is 19.8 Å². The van der Waals surface area contributed by atoms with E-state index in [0.29, 0.717) is 22.6 Å². The van der Waals surface area contributed by atoms with Crippen LogP contribution in [0.3, 0.4) is 0 Å². The maximum Gasteiger partial charge on any atom is 0.365 e. The van der Waals surface area contributed by atoms with Crippen LogP contribution in [-0.2, 0) is 4.84 Å². The second kappa shape index (κ2) is 7.12. The summed E-state index contributed by atoms with van der Waals surface area (Å²) in [6, 6.07) is 13.6. The van der Waals surface area contributed by atoms with Gasteiger partial charge >= 0.3 is 5.97 Å². The summed E-state index contributed by atoms with van der Waals surface area (Å²) in [5.41, 5.74) is 6.76. The summed E-state index contributed by atoms with van der Waals surface area (Å²) in [5, 5.41) is 3.65. The van der Waals surface area contributed by atoms with Crippen molar-refractivity contribution in [2.45, 2.75) is 0 Å². The van der Waals surface area contributed by atoms with Crippen LogP contribution in [0.5, 0.6) is 11.5 Å². The normalized spacial score (nSPS) is 10.9. The Morgan fingerprint density at radius 2 is 1.64 bits per heavy atom. The highest BCUT2D eigenvalue weighted by Crippen LogP contribution is 2.27. The maximum atomic E-state index is 11.8. The fraction of sp³-hybridized carbons (Fsp3) is 0.125. The summed E-state index contributed by atoms with van der Waals surface area (Å²) in [6.07, 6.45) is 0. The molecule has 6 nitrogen and oxygen atoms in total. The number of amidine groups is 1. The van der Waals surface area contributed by atoms with Gasteiger partial charge in [-0.1, -0.05) is 23.4 Å². The van der Waals surface area contributed by atoms with Crippen molar-refractivity contribution in [3.63, 3.8) is 0 Å². The fourth-order valence-electron chi connectivity index (χ4n) is 1.77. The quantitative estimate of drug-likeness (QED) is 0.396. The van der Waals surface area contributed by atoms with Crippen molar-refractivity contribution in [3.8, 4) is 11.5 Å². The van der Waals surface area contributed by atoms with E-state index in [1.54, 1.807) is 48.5 Å². The molecule has 0 radical (unpaired) electrons. The van der Waals surface area contributed by atoms with Crippen molar-refractivity contribution in [1.82, 2.24) is 0 Å². The van der Waals surface area contributed by atoms with Crippen LogP contribution in [0.2, 0.25) is 0 Å². The molecular weight excluding hydrogens is 284 g/mol. The van der Waals surface area contributed by atoms with Crippen molar-refractivity contribution in [2.75, 3.05) is 14.2 Å². The van der Waals surface area contributed by atoms with Crippen LogP contribution in [0, 0.1) is 0 Å². The number of rotatable bonds is 5. The second-order valence-electron chi connectivity index (χ2n) is 4.29. The number of hydrogen-bond acceptors (Lipinski definition) is 5. The minimum absolute atomic E-state index is 0.0604. The average molecular weight is 300 g/mol. The van der Waals surface area contributed by atoms with Crippen molar-refractivity contribution in [3.05, 3.63) is 59.7 Å². The van der Waals surface area contributed by atoms with Gasteiger partial charge in [0.2, 0.25) is 0 Å². The molecule has 0 bridgehead atoms. The monoisotopic (exact) mass is 300 g/mol. The van der Waals surface area contributed by atoms with E-state index in [1.165, 1.54) is 14.2 Å². The first-order chi connectivity index (χ1) is 10.7. The van der Waals surface area contributed by atoms with Gasteiger partial charge in [0.25, 0.3) is 0 Å². The molecule has 22 heavy (non-hydrogen) atoms. The molecule has 0 amide bonds. The van der Waals surface area contributed by atoms with E-state index in [-0.39, 0.29) is 5.84 Å². The number of nitrogens with zero attached hydrogens (tertiary/aromatic N) is 1. The van der Waals surface area contributed by atoms with Crippen LogP contribution in [-0.4, -0.2) is 26.0 Å². The lowest BCUT2D eigenvalue weighted by atomic mass is 10.2. The van der Waals surface area contributed by atoms with Gasteiger partial charge in [-0.3, -0.25) is 0 Å². The topological polar surface area (TPSA) is 83.1 Å². The number of methoxy groups -OCH3 is 2. The van der Waals surface area contributed by atoms with Gasteiger partial charge in [0.15, 0.2) is 17.3 Å². The number of nitrogens with two attached hydrogens (primary N) is 1. The molecule has 0 spiro atoms. The smallest absolute Gasteiger partial charge is 0.365 e. The Kier molecular flexibility index (Phi) is 4.98. The van der Waals surface area contributed by atoms with Crippen LogP contribution >= 0.6 is 0 Å². The van der Waals surface area contributed by atoms with E-state index in [1.807, 2.05) is 0 Å². The van der Waals surface area contributed by atoms with Gasteiger partial charge in [0.1, 0.15) is 0 Å². The molecule has 0 saturated heterocycles. The predicted octanol–water partition coefficient (Wildman–Crippen LogP) is 2.18. The lowest BCUT2D eigenvalue weighted by Crippen LogP contribution is -2.15. The lowest BCUT2D eigenvalue weighted by Gasteiger charge is -2.09. The predicted molar refractivity (Wildman–Crippen MR) is 82.1 cm³/mol. The summed E-state index contributed by atoms with van der Waals surface area (Å²) in [7, 11) is 3.06. The van der Waals surface area contributed by atoms with Crippen LogP contribution in [0.25, 0.3) is 0 Å². The summed E-state index contributed by atoms with van der Waals surface area (Å²) in [4.78, 5) is 16.6. The van der Waals surface area contributed by atoms with E-state index in [9.17, 15) is 4.79 Å². The van der Waals surface area contributed by atoms with Crippen LogP contribution < -0.4 is 15.2 Å². The van der Waals surface area contributed by atoms with Gasteiger partial charge in [-0.05, 0) is 30.3 Å². The highest BCUT2D eigenvalue weighted by Gasteiger charge is 2.09. The van der Waals surface area contributed by atoms with E-state index >= 15 is 0 Å². The number of hydrogen-bond donors (Lipinski definition) is 1. The molecule has 0 aromatic heterocycles. The third-order valence-electron chi connectivity index (χ3n) is 2.92. The Balaban J connectivity index is 2.14. The molecular formula is C16H16N2O4. The lowest BCUT2D eigenvalue weighted by molar-refractivity contribution is 0.0516. The molecule has 0 unspecified atom stereocenters. The number of ether oxygens (including phenoxy) is 2. The standard InChI is InChI=1S/C16H16N2O4/c1-20-13-9-8-12(10-14(13)21-2)15(17)18-22-16(19)11-6-4-3-5-7-11/h3-10H,1-2H3,(H2,17,18). The van der Waals surface area contributed by atoms with Crippen molar-refractivity contribution in [2.24, 2.45) is 10.9 Å². The summed E-state index contributed by atoms with van der Waals surface area (Å²) < 4.78 is 10.3. The first-order valence-electron chi connectivity index (χ1n) is 6.48. The van der Waals surface area contributed by atoms with Gasteiger partial charge in [-0.15, -0.1) is 0 Å². The van der Waals surface area contributed by atoms with Crippen molar-refractivity contribution >= 4 is 11.8 Å². The molecule has 2 aromatic carbocycles. The number of carbonyl (C=O) groups is 1. The molecule has 0 saturated carbocycles. The van der Waals surface area contributed by atoms with Gasteiger partial charge < -0.3 is 20.0 Å². The van der Waals surface area contributed by atoms with Crippen molar-refractivity contribution < 1.29 is 19.1 Å². The largest absolute Gasteiger partial charge is 0.493 e. The SMILES string of the molecule is COc1ccc(C(N)=NOC(=O)c2ccccc2)cc1OC. The summed E-state index contributed by atoms with van der Waals surface area (Å²) in [5.74, 6) is 0.558. The maximum absolute atomic E-state index is 11.8. The zero-order chi connectivity index (χ0) is 15.9. The zero-order valence-corrected chi connectivity index (χ0v) is 12.3. The molecule has 6 heteroatoms. The van der Waals surface area contributed by atoms with E-state index in [0.717, 1.165) is 0 Å². The Bertz CT molecular complexity index is 684. The summed E-state index contributed by atoms with van der Waals surface area (Å²) >= 11 is 0. The highest BCUT2D eigenvalue weighted by molar-refractivity contribution is 5.98. The molecule has 0 aliphatic carbocycles. The van der Waals surface area contributed by atoms with E-state index < -0.39 is 5.97 Å². The minimum atomic E-state index is -0.580. The zero-order valence-electron chi connectivity index (χ0n) is 12.3. The molecule has 2 rings (SSSR count). The van der Waals surface area contributed by atoms with Crippen LogP contribution in [0.15, 0.2) is 53.7 Å². The third-order valence-corrected chi connectivity index (χ3v) is 2.92. The van der Waals surface area contributed by atoms with Crippen LogP contribution in [0.4, 0.5) is 0 Å². The number of benzene rings is 2. The molecule has 114 valence electrons. The fourth-order valence-corrected chi connectivity index (χ4v) is 1.77. The Morgan fingerprint density at radius 3 is 2.27 bits per heavy atom.